The molecule has 0 amide bonds. The summed E-state index contributed by atoms with van der Waals surface area (Å²) in [5, 5.41) is 0. The summed E-state index contributed by atoms with van der Waals surface area (Å²) >= 11 is 0. The quantitative estimate of drug-likeness (QED) is 0.0925. The minimum Gasteiger partial charge on any atom is -0.435 e. The summed E-state index contributed by atoms with van der Waals surface area (Å²) in [6.07, 6.45) is 13.8. The first-order chi connectivity index (χ1) is 16.9. The first kappa shape index (κ1) is 30.3. The van der Waals surface area contributed by atoms with Crippen LogP contribution >= 0.6 is 0 Å². The molecule has 3 unspecified atom stereocenters. The van der Waals surface area contributed by atoms with Gasteiger partial charge < -0.3 is 9.47 Å². The van der Waals surface area contributed by atoms with Crippen LogP contribution in [-0.2, 0) is 38.6 Å². The summed E-state index contributed by atoms with van der Waals surface area (Å²) in [5.41, 5.74) is 0. The first-order valence-corrected chi connectivity index (χ1v) is 12.5. The molecule has 0 radical (unpaired) electrons. The van der Waals surface area contributed by atoms with Crippen molar-refractivity contribution in [2.24, 2.45) is 17.8 Å². The molecule has 0 fully saturated rings. The Balaban J connectivity index is 2.36. The molecule has 0 saturated carbocycles. The Kier molecular flexibility index (Phi) is 16.0. The Morgan fingerprint density at radius 2 is 1.31 bits per heavy atom. The molecule has 0 heterocycles. The van der Waals surface area contributed by atoms with E-state index in [9.17, 15) is 19.2 Å². The Morgan fingerprint density at radius 1 is 0.714 bits per heavy atom. The normalized spacial score (nSPS) is 18.9. The number of allylic oxidation sites excluding steroid dienone is 2. The zero-order valence-electron chi connectivity index (χ0n) is 21.2. The van der Waals surface area contributed by atoms with Crippen LogP contribution in [0.25, 0.3) is 0 Å². The van der Waals surface area contributed by atoms with E-state index >= 15 is 0 Å². The van der Waals surface area contributed by atoms with Gasteiger partial charge in [0.25, 0.3) is 0 Å². The SMILES string of the molecule is CCCCCCC1C=CC(CCCCCCCC(=O)OOC(=O)OC)CC1C(=O)OOC(=O)OC. The highest BCUT2D eigenvalue weighted by Gasteiger charge is 2.34. The molecule has 1 rings (SSSR count). The van der Waals surface area contributed by atoms with E-state index in [1.165, 1.54) is 6.42 Å². The van der Waals surface area contributed by atoms with Gasteiger partial charge in [0.1, 0.15) is 0 Å². The highest BCUT2D eigenvalue weighted by Crippen LogP contribution is 2.35. The standard InChI is InChI=1S/C25H40O10/c1-4-5-6-11-14-20-17-16-19(18-21(20)23(27)33-35-25(29)31-3)13-10-8-7-9-12-15-22(26)32-34-24(28)30-2/h16-17,19-21H,4-15,18H2,1-3H3. The van der Waals surface area contributed by atoms with Crippen molar-refractivity contribution >= 4 is 24.2 Å². The fourth-order valence-corrected chi connectivity index (χ4v) is 4.14. The molecule has 1 aliphatic carbocycles. The van der Waals surface area contributed by atoms with Gasteiger partial charge in [0.05, 0.1) is 26.6 Å². The Morgan fingerprint density at radius 3 is 2.00 bits per heavy atom. The Bertz CT molecular complexity index is 675. The van der Waals surface area contributed by atoms with Crippen LogP contribution in [0.5, 0.6) is 0 Å². The molecule has 10 nitrogen and oxygen atoms in total. The van der Waals surface area contributed by atoms with Gasteiger partial charge >= 0.3 is 24.2 Å². The molecule has 0 aromatic rings. The summed E-state index contributed by atoms with van der Waals surface area (Å²) < 4.78 is 8.56. The Hall–Kier alpha value is -2.78. The van der Waals surface area contributed by atoms with Gasteiger partial charge in [0, 0.05) is 0 Å². The molecule has 1 aliphatic rings. The molecule has 0 bridgehead atoms. The number of carbonyl (C=O) groups is 4. The minimum atomic E-state index is -1.07. The van der Waals surface area contributed by atoms with Crippen molar-refractivity contribution in [3.8, 4) is 0 Å². The van der Waals surface area contributed by atoms with Crippen LogP contribution in [0.2, 0.25) is 0 Å². The van der Waals surface area contributed by atoms with Crippen molar-refractivity contribution < 1.29 is 48.2 Å². The van der Waals surface area contributed by atoms with E-state index in [1.54, 1.807) is 0 Å². The lowest BCUT2D eigenvalue weighted by molar-refractivity contribution is -0.248. The van der Waals surface area contributed by atoms with Crippen molar-refractivity contribution in [3.63, 3.8) is 0 Å². The van der Waals surface area contributed by atoms with E-state index in [1.807, 2.05) is 0 Å². The van der Waals surface area contributed by atoms with Gasteiger partial charge in [-0.2, -0.15) is 9.59 Å². The maximum absolute atomic E-state index is 12.6. The highest BCUT2D eigenvalue weighted by molar-refractivity contribution is 5.74. The zero-order chi connectivity index (χ0) is 25.9. The van der Waals surface area contributed by atoms with Crippen molar-refractivity contribution in [1.82, 2.24) is 0 Å². The molecule has 35 heavy (non-hydrogen) atoms. The van der Waals surface area contributed by atoms with Crippen molar-refractivity contribution in [2.45, 2.75) is 90.4 Å². The molecule has 0 saturated heterocycles. The Labute approximate surface area is 207 Å². The average molecular weight is 501 g/mol. The largest absolute Gasteiger partial charge is 0.549 e. The van der Waals surface area contributed by atoms with Gasteiger partial charge in [-0.1, -0.05) is 70.4 Å². The maximum atomic E-state index is 12.6. The fraction of sp³-hybridized carbons (Fsp3) is 0.760. The molecular formula is C25H40O10. The smallest absolute Gasteiger partial charge is 0.435 e. The monoisotopic (exact) mass is 500 g/mol. The van der Waals surface area contributed by atoms with E-state index < -0.39 is 24.2 Å². The van der Waals surface area contributed by atoms with Crippen LogP contribution in [0.15, 0.2) is 12.2 Å². The van der Waals surface area contributed by atoms with Crippen molar-refractivity contribution in [3.05, 3.63) is 12.2 Å². The second-order valence-electron chi connectivity index (χ2n) is 8.74. The predicted octanol–water partition coefficient (Wildman–Crippen LogP) is 5.98. The van der Waals surface area contributed by atoms with E-state index in [2.05, 4.69) is 43.2 Å². The van der Waals surface area contributed by atoms with Crippen LogP contribution in [0.1, 0.15) is 90.4 Å². The van der Waals surface area contributed by atoms with Gasteiger partial charge in [-0.25, -0.2) is 29.1 Å². The van der Waals surface area contributed by atoms with Gasteiger partial charge in [0.2, 0.25) is 0 Å². The molecule has 0 N–H and O–H groups in total. The molecular weight excluding hydrogens is 460 g/mol. The molecule has 200 valence electrons. The summed E-state index contributed by atoms with van der Waals surface area (Å²) in [7, 11) is 2.27. The fourth-order valence-electron chi connectivity index (χ4n) is 4.14. The number of hydrogen-bond donors (Lipinski definition) is 0. The minimum absolute atomic E-state index is 0.0692. The van der Waals surface area contributed by atoms with Crippen LogP contribution in [0.3, 0.4) is 0 Å². The number of carbonyl (C=O) groups excluding carboxylic acids is 4. The van der Waals surface area contributed by atoms with E-state index in [0.717, 1.165) is 72.0 Å². The van der Waals surface area contributed by atoms with Crippen molar-refractivity contribution in [1.29, 1.82) is 0 Å². The first-order valence-electron chi connectivity index (χ1n) is 12.5. The number of rotatable bonds is 14. The summed E-state index contributed by atoms with van der Waals surface area (Å²) in [6.45, 7) is 2.16. The van der Waals surface area contributed by atoms with Gasteiger partial charge in [-0.3, -0.25) is 0 Å². The average Bonchev–Trinajstić information content (AvgIpc) is 2.87. The lowest BCUT2D eigenvalue weighted by atomic mass is 9.75. The van der Waals surface area contributed by atoms with Crippen LogP contribution in [0, 0.1) is 17.8 Å². The molecule has 10 heteroatoms. The van der Waals surface area contributed by atoms with E-state index in [4.69, 9.17) is 4.89 Å². The van der Waals surface area contributed by atoms with Crippen LogP contribution in [-0.4, -0.2) is 38.5 Å². The predicted molar refractivity (Wildman–Crippen MR) is 124 cm³/mol. The van der Waals surface area contributed by atoms with E-state index in [0.29, 0.717) is 12.8 Å². The lowest BCUT2D eigenvalue weighted by Crippen LogP contribution is -2.30. The molecule has 3 atom stereocenters. The van der Waals surface area contributed by atoms with Crippen LogP contribution < -0.4 is 0 Å². The zero-order valence-corrected chi connectivity index (χ0v) is 21.2. The molecule has 0 aromatic heterocycles. The third kappa shape index (κ3) is 13.6. The molecule has 0 spiro atoms. The summed E-state index contributed by atoms with van der Waals surface area (Å²) in [6, 6.07) is 0. The number of hydrogen-bond acceptors (Lipinski definition) is 10. The summed E-state index contributed by atoms with van der Waals surface area (Å²) in [4.78, 5) is 63.6. The maximum Gasteiger partial charge on any atom is 0.549 e. The number of unbranched alkanes of at least 4 members (excludes halogenated alkanes) is 7. The molecule has 0 aliphatic heterocycles. The third-order valence-corrected chi connectivity index (χ3v) is 6.08. The van der Waals surface area contributed by atoms with E-state index in [-0.39, 0.29) is 24.2 Å². The second-order valence-corrected chi connectivity index (χ2v) is 8.74. The van der Waals surface area contributed by atoms with Crippen LogP contribution in [0.4, 0.5) is 9.59 Å². The third-order valence-electron chi connectivity index (χ3n) is 6.08. The number of ether oxygens (including phenoxy) is 2. The van der Waals surface area contributed by atoms with Gasteiger partial charge in [0.15, 0.2) is 0 Å². The molecule has 0 aromatic carbocycles. The highest BCUT2D eigenvalue weighted by atomic mass is 17.2. The van der Waals surface area contributed by atoms with Gasteiger partial charge in [-0.05, 0) is 37.5 Å². The lowest BCUT2D eigenvalue weighted by Gasteiger charge is -2.29. The van der Waals surface area contributed by atoms with Gasteiger partial charge in [-0.15, -0.1) is 0 Å². The summed E-state index contributed by atoms with van der Waals surface area (Å²) in [5.74, 6) is -1.17. The van der Waals surface area contributed by atoms with Crippen molar-refractivity contribution in [2.75, 3.05) is 14.2 Å². The second kappa shape index (κ2) is 18.5. The number of methoxy groups -OCH3 is 2. The topological polar surface area (TPSA) is 124 Å².